The average Bonchev–Trinajstić information content (AvgIpc) is 2.72. The fourth-order valence-electron chi connectivity index (χ4n) is 2.63. The summed E-state index contributed by atoms with van der Waals surface area (Å²) in [5, 5.41) is 3.22. The minimum atomic E-state index is -0.557. The maximum Gasteiger partial charge on any atom is 0.271 e. The van der Waals surface area contributed by atoms with Crippen LogP contribution in [0.3, 0.4) is 0 Å². The van der Waals surface area contributed by atoms with Gasteiger partial charge in [0.15, 0.2) is 0 Å². The molecule has 3 amide bonds. The van der Waals surface area contributed by atoms with Gasteiger partial charge in [-0.1, -0.05) is 41.4 Å². The van der Waals surface area contributed by atoms with Gasteiger partial charge in [-0.2, -0.15) is 0 Å². The molecule has 7 heteroatoms. The van der Waals surface area contributed by atoms with Gasteiger partial charge in [-0.25, -0.2) is 0 Å². The van der Waals surface area contributed by atoms with Gasteiger partial charge < -0.3 is 5.32 Å². The van der Waals surface area contributed by atoms with Crippen molar-refractivity contribution in [3.63, 3.8) is 0 Å². The van der Waals surface area contributed by atoms with Crippen molar-refractivity contribution in [2.75, 3.05) is 5.32 Å². The second-order valence-corrected chi connectivity index (χ2v) is 6.72. The number of carbonyl (C=O) groups is 3. The maximum absolute atomic E-state index is 12.5. The Morgan fingerprint density at radius 1 is 0.724 bits per heavy atom. The number of benzene rings is 3. The lowest BCUT2D eigenvalue weighted by Crippen LogP contribution is -2.41. The van der Waals surface area contributed by atoms with E-state index in [0.717, 1.165) is 5.56 Å². The molecular formula is C22H18ClN3O3. The van der Waals surface area contributed by atoms with Gasteiger partial charge in [-0.15, -0.1) is 0 Å². The van der Waals surface area contributed by atoms with E-state index in [0.29, 0.717) is 21.8 Å². The Morgan fingerprint density at radius 3 is 2.14 bits per heavy atom. The summed E-state index contributed by atoms with van der Waals surface area (Å²) in [6, 6.07) is 19.9. The van der Waals surface area contributed by atoms with Crippen LogP contribution in [0, 0.1) is 6.92 Å². The Hall–Kier alpha value is -3.64. The van der Waals surface area contributed by atoms with Crippen LogP contribution < -0.4 is 16.2 Å². The average molecular weight is 408 g/mol. The lowest BCUT2D eigenvalue weighted by molar-refractivity contribution is 0.0847. The number of para-hydroxylation sites is 1. The summed E-state index contributed by atoms with van der Waals surface area (Å²) in [6.45, 7) is 1.87. The number of hydrazine groups is 1. The minimum Gasteiger partial charge on any atom is -0.321 e. The first-order valence-corrected chi connectivity index (χ1v) is 9.15. The molecule has 0 atom stereocenters. The molecule has 0 aliphatic rings. The van der Waals surface area contributed by atoms with Crippen LogP contribution in [0.15, 0.2) is 72.8 Å². The van der Waals surface area contributed by atoms with Crippen molar-refractivity contribution in [3.05, 3.63) is 100 Å². The highest BCUT2D eigenvalue weighted by Crippen LogP contribution is 2.17. The standard InChI is InChI=1S/C22H18ClN3O3/c1-14-5-4-6-16(13-14)21(28)25-26-22(29)18-7-2-3-8-19(18)24-20(27)15-9-11-17(23)12-10-15/h2-13H,1H3,(H,24,27)(H,25,28)(H,26,29). The van der Waals surface area contributed by atoms with Crippen molar-refractivity contribution in [1.82, 2.24) is 10.9 Å². The second kappa shape index (κ2) is 9.03. The number of hydrogen-bond donors (Lipinski definition) is 3. The number of rotatable bonds is 4. The van der Waals surface area contributed by atoms with Gasteiger partial charge in [0.25, 0.3) is 17.7 Å². The number of halogens is 1. The van der Waals surface area contributed by atoms with Crippen LogP contribution in [-0.2, 0) is 0 Å². The highest BCUT2D eigenvalue weighted by Gasteiger charge is 2.15. The van der Waals surface area contributed by atoms with Crippen molar-refractivity contribution in [3.8, 4) is 0 Å². The molecule has 146 valence electrons. The quantitative estimate of drug-likeness (QED) is 0.572. The van der Waals surface area contributed by atoms with Crippen LogP contribution in [0.5, 0.6) is 0 Å². The first kappa shape index (κ1) is 20.1. The predicted octanol–water partition coefficient (Wildman–Crippen LogP) is 3.98. The van der Waals surface area contributed by atoms with E-state index in [9.17, 15) is 14.4 Å². The van der Waals surface area contributed by atoms with Crippen LogP contribution >= 0.6 is 11.6 Å². The topological polar surface area (TPSA) is 87.3 Å². The summed E-state index contributed by atoms with van der Waals surface area (Å²) < 4.78 is 0. The predicted molar refractivity (Wildman–Crippen MR) is 112 cm³/mol. The zero-order valence-electron chi connectivity index (χ0n) is 15.5. The lowest BCUT2D eigenvalue weighted by atomic mass is 10.1. The van der Waals surface area contributed by atoms with E-state index in [-0.39, 0.29) is 11.5 Å². The van der Waals surface area contributed by atoms with E-state index >= 15 is 0 Å². The molecule has 3 rings (SSSR count). The van der Waals surface area contributed by atoms with E-state index in [1.807, 2.05) is 13.0 Å². The van der Waals surface area contributed by atoms with Gasteiger partial charge in [-0.05, 0) is 55.5 Å². The zero-order valence-corrected chi connectivity index (χ0v) is 16.3. The van der Waals surface area contributed by atoms with Crippen molar-refractivity contribution in [2.45, 2.75) is 6.92 Å². The van der Waals surface area contributed by atoms with Crippen LogP contribution in [0.1, 0.15) is 36.6 Å². The first-order chi connectivity index (χ1) is 13.9. The molecule has 0 bridgehead atoms. The third kappa shape index (κ3) is 5.21. The summed E-state index contributed by atoms with van der Waals surface area (Å²) in [4.78, 5) is 37.2. The van der Waals surface area contributed by atoms with Gasteiger partial charge >= 0.3 is 0 Å². The molecule has 0 radical (unpaired) electrons. The zero-order chi connectivity index (χ0) is 20.8. The van der Waals surface area contributed by atoms with Gasteiger partial charge in [0.05, 0.1) is 11.3 Å². The molecule has 0 unspecified atom stereocenters. The number of hydrogen-bond acceptors (Lipinski definition) is 3. The van der Waals surface area contributed by atoms with Crippen LogP contribution in [-0.4, -0.2) is 17.7 Å². The van der Waals surface area contributed by atoms with Crippen molar-refractivity contribution < 1.29 is 14.4 Å². The molecule has 0 aliphatic heterocycles. The molecule has 0 aromatic heterocycles. The number of anilines is 1. The van der Waals surface area contributed by atoms with Gasteiger partial charge in [0, 0.05) is 16.1 Å². The number of nitrogens with one attached hydrogen (secondary N) is 3. The molecule has 0 aliphatic carbocycles. The highest BCUT2D eigenvalue weighted by atomic mass is 35.5. The molecule has 0 fully saturated rings. The molecule has 3 aromatic rings. The lowest BCUT2D eigenvalue weighted by Gasteiger charge is -2.12. The fraction of sp³-hybridized carbons (Fsp3) is 0.0455. The molecule has 6 nitrogen and oxygen atoms in total. The monoisotopic (exact) mass is 407 g/mol. The van der Waals surface area contributed by atoms with Crippen LogP contribution in [0.4, 0.5) is 5.69 Å². The third-order valence-electron chi connectivity index (χ3n) is 4.10. The molecule has 0 heterocycles. The normalized spacial score (nSPS) is 10.1. The maximum atomic E-state index is 12.5. The largest absolute Gasteiger partial charge is 0.321 e. The van der Waals surface area contributed by atoms with Crippen LogP contribution in [0.2, 0.25) is 5.02 Å². The Labute approximate surface area is 172 Å². The smallest absolute Gasteiger partial charge is 0.271 e. The van der Waals surface area contributed by atoms with E-state index in [2.05, 4.69) is 16.2 Å². The molecule has 0 spiro atoms. The van der Waals surface area contributed by atoms with E-state index in [4.69, 9.17) is 11.6 Å². The SMILES string of the molecule is Cc1cccc(C(=O)NNC(=O)c2ccccc2NC(=O)c2ccc(Cl)cc2)c1. The number of carbonyl (C=O) groups excluding carboxylic acids is 3. The molecule has 0 saturated heterocycles. The Kier molecular flexibility index (Phi) is 6.26. The Morgan fingerprint density at radius 2 is 1.41 bits per heavy atom. The van der Waals surface area contributed by atoms with Gasteiger partial charge in [0.1, 0.15) is 0 Å². The molecule has 29 heavy (non-hydrogen) atoms. The van der Waals surface area contributed by atoms with Gasteiger partial charge in [-0.3, -0.25) is 25.2 Å². The van der Waals surface area contributed by atoms with E-state index < -0.39 is 11.8 Å². The number of aryl methyl sites for hydroxylation is 1. The minimum absolute atomic E-state index is 0.208. The molecule has 0 saturated carbocycles. The van der Waals surface area contributed by atoms with E-state index in [1.54, 1.807) is 66.7 Å². The number of amides is 3. The summed E-state index contributed by atoms with van der Waals surface area (Å²) in [5.74, 6) is -1.38. The van der Waals surface area contributed by atoms with Crippen molar-refractivity contribution in [2.24, 2.45) is 0 Å². The van der Waals surface area contributed by atoms with Crippen LogP contribution in [0.25, 0.3) is 0 Å². The van der Waals surface area contributed by atoms with Crippen molar-refractivity contribution in [1.29, 1.82) is 0 Å². The summed E-state index contributed by atoms with van der Waals surface area (Å²) in [5.41, 5.74) is 7.03. The summed E-state index contributed by atoms with van der Waals surface area (Å²) in [6.07, 6.45) is 0. The third-order valence-corrected chi connectivity index (χ3v) is 4.35. The molecule has 3 aromatic carbocycles. The first-order valence-electron chi connectivity index (χ1n) is 8.77. The Bertz CT molecular complexity index is 1060. The fourth-order valence-corrected chi connectivity index (χ4v) is 2.75. The molecule has 3 N–H and O–H groups in total. The summed E-state index contributed by atoms with van der Waals surface area (Å²) in [7, 11) is 0. The van der Waals surface area contributed by atoms with Gasteiger partial charge in [0.2, 0.25) is 0 Å². The Balaban J connectivity index is 1.69. The van der Waals surface area contributed by atoms with E-state index in [1.165, 1.54) is 0 Å². The highest BCUT2D eigenvalue weighted by molar-refractivity contribution is 6.30. The second-order valence-electron chi connectivity index (χ2n) is 6.28. The summed E-state index contributed by atoms with van der Waals surface area (Å²) >= 11 is 5.84. The van der Waals surface area contributed by atoms with Crippen molar-refractivity contribution >= 4 is 35.0 Å². The molecular weight excluding hydrogens is 390 g/mol.